The van der Waals surface area contributed by atoms with Gasteiger partial charge in [-0.15, -0.1) is 0 Å². The Morgan fingerprint density at radius 2 is 1.02 bits per heavy atom. The van der Waals surface area contributed by atoms with Crippen LogP contribution in [-0.2, 0) is 33.3 Å². The number of esters is 2. The monoisotopic (exact) mass is 780 g/mol. The molecule has 0 heterocycles. The van der Waals surface area contributed by atoms with Crippen molar-refractivity contribution in [2.75, 3.05) is 47.5 Å². The minimum absolute atomic E-state index is 0.146. The van der Waals surface area contributed by atoms with Gasteiger partial charge in [-0.25, -0.2) is 0 Å². The maximum absolute atomic E-state index is 12.7. The Morgan fingerprint density at radius 1 is 0.545 bits per heavy atom. The lowest BCUT2D eigenvalue weighted by Gasteiger charge is -2.26. The Hall–Kier alpha value is -2.23. The molecular weight excluding hydrogens is 695 g/mol. The second kappa shape index (κ2) is 38.6. The van der Waals surface area contributed by atoms with Crippen molar-refractivity contribution in [3.8, 4) is 0 Å². The highest BCUT2D eigenvalue weighted by molar-refractivity contribution is 5.70. The molecule has 55 heavy (non-hydrogen) atoms. The van der Waals surface area contributed by atoms with Crippen LogP contribution in [0.2, 0.25) is 0 Å². The number of carbonyl (C=O) groups excluding carboxylic acids is 3. The average molecular weight is 780 g/mol. The zero-order valence-electron chi connectivity index (χ0n) is 36.3. The predicted octanol–water partition coefficient (Wildman–Crippen LogP) is 10.3. The molecule has 0 rings (SSSR count). The maximum Gasteiger partial charge on any atom is 0.306 e. The summed E-state index contributed by atoms with van der Waals surface area (Å²) in [4.78, 5) is 36.9. The van der Waals surface area contributed by atoms with Gasteiger partial charge in [0.25, 0.3) is 0 Å². The van der Waals surface area contributed by atoms with Gasteiger partial charge in [-0.1, -0.05) is 167 Å². The van der Waals surface area contributed by atoms with E-state index < -0.39 is 24.3 Å². The van der Waals surface area contributed by atoms with E-state index in [9.17, 15) is 19.5 Å². The third kappa shape index (κ3) is 39.8. The molecule has 9 nitrogen and oxygen atoms in total. The minimum Gasteiger partial charge on any atom is -0.545 e. The number of aliphatic carboxylic acids is 1. The number of quaternary nitrogens is 1. The molecule has 0 N–H and O–H groups in total. The summed E-state index contributed by atoms with van der Waals surface area (Å²) in [5, 5.41) is 11.7. The van der Waals surface area contributed by atoms with E-state index in [0.29, 0.717) is 23.9 Å². The van der Waals surface area contributed by atoms with Crippen molar-refractivity contribution in [1.29, 1.82) is 0 Å². The van der Waals surface area contributed by atoms with Crippen molar-refractivity contribution in [3.63, 3.8) is 0 Å². The summed E-state index contributed by atoms with van der Waals surface area (Å²) in [6.07, 6.45) is 37.8. The third-order valence-electron chi connectivity index (χ3n) is 9.68. The zero-order valence-corrected chi connectivity index (χ0v) is 36.3. The molecule has 0 aliphatic carbocycles. The van der Waals surface area contributed by atoms with Crippen molar-refractivity contribution in [3.05, 3.63) is 24.3 Å². The Kier molecular flexibility index (Phi) is 37.1. The van der Waals surface area contributed by atoms with Crippen LogP contribution in [0.4, 0.5) is 0 Å². The molecule has 0 saturated carbocycles. The van der Waals surface area contributed by atoms with Crippen LogP contribution in [0.25, 0.3) is 0 Å². The van der Waals surface area contributed by atoms with E-state index in [0.717, 1.165) is 64.2 Å². The number of unbranched alkanes of at least 4 members (excludes halogenated alkanes) is 22. The van der Waals surface area contributed by atoms with Crippen LogP contribution in [0.5, 0.6) is 0 Å². The maximum atomic E-state index is 12.7. The summed E-state index contributed by atoms with van der Waals surface area (Å²) < 4.78 is 22.5. The van der Waals surface area contributed by atoms with Crippen molar-refractivity contribution < 1.29 is 42.9 Å². The molecule has 2 atom stereocenters. The number of hydrogen-bond donors (Lipinski definition) is 0. The number of nitrogens with zero attached hydrogens (tertiary/aromatic N) is 1. The first-order valence-electron chi connectivity index (χ1n) is 22.5. The number of carbonyl (C=O) groups is 3. The molecule has 0 fully saturated rings. The highest BCUT2D eigenvalue weighted by atomic mass is 16.7. The van der Waals surface area contributed by atoms with Gasteiger partial charge in [-0.2, -0.15) is 0 Å². The van der Waals surface area contributed by atoms with Crippen molar-refractivity contribution in [2.45, 2.75) is 206 Å². The minimum atomic E-state index is -1.62. The van der Waals surface area contributed by atoms with E-state index in [2.05, 4.69) is 38.2 Å². The van der Waals surface area contributed by atoms with E-state index in [4.69, 9.17) is 18.9 Å². The molecule has 0 radical (unpaired) electrons. The molecule has 322 valence electrons. The largest absolute Gasteiger partial charge is 0.545 e. The first-order chi connectivity index (χ1) is 26.6. The molecule has 0 amide bonds. The zero-order chi connectivity index (χ0) is 40.7. The Balaban J connectivity index is 4.41. The molecule has 0 spiro atoms. The number of allylic oxidation sites excluding steroid dienone is 4. The standard InChI is InChI=1S/C46H85NO8/c1-6-8-10-12-14-16-18-20-21-22-23-25-26-28-30-32-34-36-43(48)53-40-42(41-54-46(45(50)51)52-39-38-47(3,4)5)55-44(49)37-35-33-31-29-27-24-19-17-15-13-11-9-7-2/h11,13,17,19,42,46H,6-10,12,14-16,18,20-41H2,1-5H3/b13-11-,19-17-. The lowest BCUT2D eigenvalue weighted by molar-refractivity contribution is -0.870. The lowest BCUT2D eigenvalue weighted by atomic mass is 10.0. The summed E-state index contributed by atoms with van der Waals surface area (Å²) in [5.74, 6) is -2.30. The lowest BCUT2D eigenvalue weighted by Crippen LogP contribution is -2.44. The smallest absolute Gasteiger partial charge is 0.306 e. The summed E-state index contributed by atoms with van der Waals surface area (Å²) in [7, 11) is 5.90. The first-order valence-corrected chi connectivity index (χ1v) is 22.5. The van der Waals surface area contributed by atoms with Crippen LogP contribution in [-0.4, -0.2) is 82.3 Å². The fourth-order valence-electron chi connectivity index (χ4n) is 6.16. The number of rotatable bonds is 41. The second-order valence-corrected chi connectivity index (χ2v) is 16.3. The molecule has 9 heteroatoms. The highest BCUT2D eigenvalue weighted by Gasteiger charge is 2.21. The van der Waals surface area contributed by atoms with Gasteiger partial charge in [0.15, 0.2) is 12.4 Å². The van der Waals surface area contributed by atoms with Crippen LogP contribution < -0.4 is 5.11 Å². The summed E-state index contributed by atoms with van der Waals surface area (Å²) in [5.41, 5.74) is 0. The molecule has 0 aromatic rings. The third-order valence-corrected chi connectivity index (χ3v) is 9.68. The highest BCUT2D eigenvalue weighted by Crippen LogP contribution is 2.15. The predicted molar refractivity (Wildman–Crippen MR) is 223 cm³/mol. The van der Waals surface area contributed by atoms with Crippen molar-refractivity contribution in [2.24, 2.45) is 0 Å². The topological polar surface area (TPSA) is 111 Å². The first kappa shape index (κ1) is 52.8. The molecule has 2 unspecified atom stereocenters. The van der Waals surface area contributed by atoms with Crippen LogP contribution in [0.3, 0.4) is 0 Å². The number of hydrogen-bond acceptors (Lipinski definition) is 8. The van der Waals surface area contributed by atoms with Gasteiger partial charge in [0.1, 0.15) is 13.2 Å². The molecule has 0 aromatic heterocycles. The van der Waals surface area contributed by atoms with E-state index in [1.165, 1.54) is 96.3 Å². The fraction of sp³-hybridized carbons (Fsp3) is 0.848. The van der Waals surface area contributed by atoms with Gasteiger partial charge in [-0.3, -0.25) is 9.59 Å². The van der Waals surface area contributed by atoms with E-state index in [-0.39, 0.29) is 32.2 Å². The molecule has 0 saturated heterocycles. The SMILES string of the molecule is CCC/C=C\C/C=C\CCCCCCCC(=O)OC(COC(=O)CCCCCCCCCCCCCCCCCCC)COC(OCC[N+](C)(C)C)C(=O)[O-]. The number of ether oxygens (including phenoxy) is 4. The van der Waals surface area contributed by atoms with Gasteiger partial charge >= 0.3 is 11.9 Å². The van der Waals surface area contributed by atoms with Gasteiger partial charge in [0.05, 0.1) is 40.3 Å². The molecule has 0 bridgehead atoms. The van der Waals surface area contributed by atoms with Crippen LogP contribution in [0, 0.1) is 0 Å². The van der Waals surface area contributed by atoms with E-state index >= 15 is 0 Å². The summed E-state index contributed by atoms with van der Waals surface area (Å²) >= 11 is 0. The van der Waals surface area contributed by atoms with Gasteiger partial charge in [0.2, 0.25) is 0 Å². The number of carboxylic acids is 1. The van der Waals surface area contributed by atoms with Crippen molar-refractivity contribution >= 4 is 17.9 Å². The molecule has 0 aliphatic heterocycles. The molecule has 0 aromatic carbocycles. The normalized spacial score (nSPS) is 13.1. The Labute approximate surface area is 337 Å². The van der Waals surface area contributed by atoms with Gasteiger partial charge in [0, 0.05) is 12.8 Å². The molecular formula is C46H85NO8. The fourth-order valence-corrected chi connectivity index (χ4v) is 6.16. The van der Waals surface area contributed by atoms with Crippen molar-refractivity contribution in [1.82, 2.24) is 0 Å². The van der Waals surface area contributed by atoms with Gasteiger partial charge < -0.3 is 33.3 Å². The van der Waals surface area contributed by atoms with Gasteiger partial charge in [-0.05, 0) is 38.5 Å². The Morgan fingerprint density at radius 3 is 1.51 bits per heavy atom. The van der Waals surface area contributed by atoms with Crippen LogP contribution >= 0.6 is 0 Å². The van der Waals surface area contributed by atoms with E-state index in [1.807, 2.05) is 21.1 Å². The second-order valence-electron chi connectivity index (χ2n) is 16.3. The van der Waals surface area contributed by atoms with Crippen LogP contribution in [0.15, 0.2) is 24.3 Å². The summed E-state index contributed by atoms with van der Waals surface area (Å²) in [6.45, 7) is 4.67. The quantitative estimate of drug-likeness (QED) is 0.0198. The molecule has 0 aliphatic rings. The average Bonchev–Trinajstić information content (AvgIpc) is 3.14. The summed E-state index contributed by atoms with van der Waals surface area (Å²) in [6, 6.07) is 0. The van der Waals surface area contributed by atoms with E-state index in [1.54, 1.807) is 0 Å². The number of carboxylic acid groups (broad SMARTS) is 1. The van der Waals surface area contributed by atoms with Crippen LogP contribution in [0.1, 0.15) is 194 Å². The number of likely N-dealkylation sites (N-methyl/N-ethyl adjacent to an activating group) is 1. The Bertz CT molecular complexity index is 960.